The number of ether oxygens (including phenoxy) is 1. The third kappa shape index (κ3) is 3.73. The van der Waals surface area contributed by atoms with Crippen molar-refractivity contribution >= 4 is 0 Å². The number of aromatic nitrogens is 1. The Balaban J connectivity index is 2.17. The van der Waals surface area contributed by atoms with Crippen LogP contribution in [-0.4, -0.2) is 66.3 Å². The fourth-order valence-electron chi connectivity index (χ4n) is 3.19. The number of likely N-dealkylation sites (N-methyl/N-ethyl adjacent to an activating group) is 1. The zero-order chi connectivity index (χ0) is 15.6. The van der Waals surface area contributed by atoms with Gasteiger partial charge in [0, 0.05) is 43.0 Å². The Morgan fingerprint density at radius 3 is 2.76 bits per heavy atom. The van der Waals surface area contributed by atoms with Crippen molar-refractivity contribution in [3.63, 3.8) is 0 Å². The predicted molar refractivity (Wildman–Crippen MR) is 83.6 cm³/mol. The second-order valence-electron chi connectivity index (χ2n) is 6.28. The van der Waals surface area contributed by atoms with Crippen molar-refractivity contribution in [1.82, 2.24) is 14.8 Å². The Labute approximate surface area is 127 Å². The number of nitrogens with zero attached hydrogens (tertiary/aromatic N) is 3. The first-order valence-corrected chi connectivity index (χ1v) is 7.48. The van der Waals surface area contributed by atoms with Gasteiger partial charge in [-0.3, -0.25) is 9.88 Å². The average molecular weight is 293 g/mol. The first-order valence-electron chi connectivity index (χ1n) is 7.48. The van der Waals surface area contributed by atoms with Gasteiger partial charge in [-0.2, -0.15) is 0 Å². The number of aliphatic hydroxyl groups excluding tert-OH is 1. The van der Waals surface area contributed by atoms with Gasteiger partial charge in [-0.05, 0) is 34.4 Å². The standard InChI is InChI=1S/C16H27N3O2/c1-11-7-17-15(12(2)16(11)21-5)10-19-9-14(20)6-13(19)8-18(3)4/h7,13-14,20H,6,8-10H2,1-5H3. The number of aliphatic hydroxyl groups is 1. The molecule has 1 fully saturated rings. The molecule has 1 aliphatic heterocycles. The summed E-state index contributed by atoms with van der Waals surface area (Å²) in [4.78, 5) is 9.07. The van der Waals surface area contributed by atoms with Crippen molar-refractivity contribution in [2.45, 2.75) is 39.0 Å². The number of hydrogen-bond donors (Lipinski definition) is 1. The van der Waals surface area contributed by atoms with Gasteiger partial charge in [0.25, 0.3) is 0 Å². The fourth-order valence-corrected chi connectivity index (χ4v) is 3.19. The van der Waals surface area contributed by atoms with Crippen LogP contribution in [0.4, 0.5) is 0 Å². The summed E-state index contributed by atoms with van der Waals surface area (Å²) in [5, 5.41) is 9.97. The van der Waals surface area contributed by atoms with Crippen LogP contribution in [0.25, 0.3) is 0 Å². The Hall–Kier alpha value is -1.17. The summed E-state index contributed by atoms with van der Waals surface area (Å²) in [6.07, 6.45) is 2.47. The van der Waals surface area contributed by atoms with Gasteiger partial charge >= 0.3 is 0 Å². The molecule has 1 aromatic rings. The molecule has 1 N–H and O–H groups in total. The third-order valence-electron chi connectivity index (χ3n) is 4.18. The first kappa shape index (κ1) is 16.2. The smallest absolute Gasteiger partial charge is 0.128 e. The molecule has 5 heteroatoms. The molecular formula is C16H27N3O2. The molecule has 0 radical (unpaired) electrons. The highest BCUT2D eigenvalue weighted by Gasteiger charge is 2.31. The maximum absolute atomic E-state index is 9.97. The SMILES string of the molecule is COc1c(C)cnc(CN2CC(O)CC2CN(C)C)c1C. The molecular weight excluding hydrogens is 266 g/mol. The first-order chi connectivity index (χ1) is 9.92. The summed E-state index contributed by atoms with van der Waals surface area (Å²) < 4.78 is 5.48. The molecule has 2 atom stereocenters. The molecule has 1 aromatic heterocycles. The van der Waals surface area contributed by atoms with Crippen molar-refractivity contribution in [3.8, 4) is 5.75 Å². The van der Waals surface area contributed by atoms with Gasteiger partial charge in [-0.1, -0.05) is 0 Å². The number of rotatable bonds is 5. The minimum absolute atomic E-state index is 0.234. The predicted octanol–water partition coefficient (Wildman–Crippen LogP) is 1.20. The number of β-amino-alcohol motifs (C(OH)–C–C–N with tert-alkyl or cyclic N) is 1. The molecule has 0 spiro atoms. The molecule has 0 aromatic carbocycles. The lowest BCUT2D eigenvalue weighted by molar-refractivity contribution is 0.168. The van der Waals surface area contributed by atoms with Crippen LogP contribution in [0.2, 0.25) is 0 Å². The van der Waals surface area contributed by atoms with Crippen LogP contribution < -0.4 is 4.74 Å². The van der Waals surface area contributed by atoms with Crippen molar-refractivity contribution in [3.05, 3.63) is 23.0 Å². The largest absolute Gasteiger partial charge is 0.496 e. The van der Waals surface area contributed by atoms with E-state index in [-0.39, 0.29) is 6.10 Å². The Kier molecular flexibility index (Phi) is 5.19. The van der Waals surface area contributed by atoms with Gasteiger partial charge in [-0.15, -0.1) is 0 Å². The van der Waals surface area contributed by atoms with Crippen molar-refractivity contribution in [2.75, 3.05) is 34.3 Å². The molecule has 2 rings (SSSR count). The second kappa shape index (κ2) is 6.73. The van der Waals surface area contributed by atoms with Gasteiger partial charge in [-0.25, -0.2) is 0 Å². The van der Waals surface area contributed by atoms with Crippen LogP contribution in [0, 0.1) is 13.8 Å². The summed E-state index contributed by atoms with van der Waals surface area (Å²) in [6, 6.07) is 0.378. The van der Waals surface area contributed by atoms with E-state index in [1.165, 1.54) is 0 Å². The Bertz CT molecular complexity index is 491. The molecule has 0 amide bonds. The highest BCUT2D eigenvalue weighted by Crippen LogP contribution is 2.27. The molecule has 2 unspecified atom stereocenters. The molecule has 2 heterocycles. The van der Waals surface area contributed by atoms with E-state index in [4.69, 9.17) is 4.74 Å². The molecule has 0 bridgehead atoms. The third-order valence-corrected chi connectivity index (χ3v) is 4.18. The molecule has 1 saturated heterocycles. The lowest BCUT2D eigenvalue weighted by atomic mass is 10.1. The zero-order valence-corrected chi connectivity index (χ0v) is 13.8. The number of methoxy groups -OCH3 is 1. The zero-order valence-electron chi connectivity index (χ0n) is 13.8. The second-order valence-corrected chi connectivity index (χ2v) is 6.28. The van der Waals surface area contributed by atoms with E-state index >= 15 is 0 Å². The van der Waals surface area contributed by atoms with Crippen LogP contribution >= 0.6 is 0 Å². The minimum Gasteiger partial charge on any atom is -0.496 e. The van der Waals surface area contributed by atoms with E-state index in [0.29, 0.717) is 6.04 Å². The highest BCUT2D eigenvalue weighted by atomic mass is 16.5. The van der Waals surface area contributed by atoms with Crippen molar-refractivity contribution in [2.24, 2.45) is 0 Å². The molecule has 0 aliphatic carbocycles. The summed E-state index contributed by atoms with van der Waals surface area (Å²) in [6.45, 7) is 6.51. The lowest BCUT2D eigenvalue weighted by Crippen LogP contribution is -2.37. The van der Waals surface area contributed by atoms with E-state index in [9.17, 15) is 5.11 Å². The summed E-state index contributed by atoms with van der Waals surface area (Å²) in [5.74, 6) is 0.920. The lowest BCUT2D eigenvalue weighted by Gasteiger charge is -2.27. The Morgan fingerprint density at radius 1 is 1.43 bits per heavy atom. The fraction of sp³-hybridized carbons (Fsp3) is 0.688. The average Bonchev–Trinajstić information content (AvgIpc) is 2.73. The van der Waals surface area contributed by atoms with Gasteiger partial charge in [0.15, 0.2) is 0 Å². The summed E-state index contributed by atoms with van der Waals surface area (Å²) in [7, 11) is 5.84. The van der Waals surface area contributed by atoms with Crippen LogP contribution in [0.1, 0.15) is 23.2 Å². The molecule has 118 valence electrons. The molecule has 1 aliphatic rings. The maximum atomic E-state index is 9.97. The van der Waals surface area contributed by atoms with E-state index < -0.39 is 0 Å². The number of likely N-dealkylation sites (tertiary alicyclic amines) is 1. The van der Waals surface area contributed by atoms with Gasteiger partial charge in [0.05, 0.1) is 18.9 Å². The van der Waals surface area contributed by atoms with Crippen LogP contribution in [0.15, 0.2) is 6.20 Å². The minimum atomic E-state index is -0.234. The highest BCUT2D eigenvalue weighted by molar-refractivity contribution is 5.41. The van der Waals surface area contributed by atoms with Crippen LogP contribution in [0.3, 0.4) is 0 Å². The van der Waals surface area contributed by atoms with Gasteiger partial charge < -0.3 is 14.7 Å². The quantitative estimate of drug-likeness (QED) is 0.884. The number of pyridine rings is 1. The Morgan fingerprint density at radius 2 is 2.14 bits per heavy atom. The van der Waals surface area contributed by atoms with Crippen LogP contribution in [0.5, 0.6) is 5.75 Å². The van der Waals surface area contributed by atoms with Gasteiger partial charge in [0.1, 0.15) is 5.75 Å². The molecule has 0 saturated carbocycles. The molecule has 5 nitrogen and oxygen atoms in total. The van der Waals surface area contributed by atoms with Gasteiger partial charge in [0.2, 0.25) is 0 Å². The van der Waals surface area contributed by atoms with E-state index in [1.807, 2.05) is 13.1 Å². The van der Waals surface area contributed by atoms with E-state index in [2.05, 4.69) is 35.8 Å². The normalized spacial score (nSPS) is 23.0. The maximum Gasteiger partial charge on any atom is 0.128 e. The summed E-state index contributed by atoms with van der Waals surface area (Å²) >= 11 is 0. The molecule has 21 heavy (non-hydrogen) atoms. The number of aryl methyl sites for hydroxylation is 1. The van der Waals surface area contributed by atoms with Crippen molar-refractivity contribution in [1.29, 1.82) is 0 Å². The van der Waals surface area contributed by atoms with Crippen LogP contribution in [-0.2, 0) is 6.54 Å². The number of hydrogen-bond acceptors (Lipinski definition) is 5. The van der Waals surface area contributed by atoms with E-state index in [1.54, 1.807) is 7.11 Å². The topological polar surface area (TPSA) is 48.8 Å². The summed E-state index contributed by atoms with van der Waals surface area (Å²) in [5.41, 5.74) is 3.20. The monoisotopic (exact) mass is 293 g/mol. The van der Waals surface area contributed by atoms with E-state index in [0.717, 1.165) is 48.6 Å². The van der Waals surface area contributed by atoms with Crippen molar-refractivity contribution < 1.29 is 9.84 Å².